The minimum atomic E-state index is 0.353. The van der Waals surface area contributed by atoms with Gasteiger partial charge < -0.3 is 4.74 Å². The molecule has 114 valence electrons. The summed E-state index contributed by atoms with van der Waals surface area (Å²) < 4.78 is 5.90. The Morgan fingerprint density at radius 1 is 1.00 bits per heavy atom. The largest absolute Gasteiger partial charge is 0.378 e. The minimum absolute atomic E-state index is 0.353. The lowest BCUT2D eigenvalue weighted by Crippen LogP contribution is -2.27. The molecule has 0 amide bonds. The molecule has 2 saturated carbocycles. The molecule has 0 N–H and O–H groups in total. The summed E-state index contributed by atoms with van der Waals surface area (Å²) in [6, 6.07) is 2.45. The van der Waals surface area contributed by atoms with Gasteiger partial charge in [0, 0.05) is 12.5 Å². The third-order valence-corrected chi connectivity index (χ3v) is 5.70. The van der Waals surface area contributed by atoms with E-state index in [2.05, 4.69) is 19.9 Å². The average Bonchev–Trinajstić information content (AvgIpc) is 2.53. The van der Waals surface area contributed by atoms with Crippen molar-refractivity contribution in [1.82, 2.24) is 0 Å². The normalized spacial score (nSPS) is 36.2. The molecule has 0 aromatic heterocycles. The Hall–Kier alpha value is -0.550. The molecule has 1 atom stereocenters. The molecule has 0 aromatic carbocycles. The fourth-order valence-electron chi connectivity index (χ4n) is 3.96. The van der Waals surface area contributed by atoms with Crippen LogP contribution in [0, 0.1) is 35.0 Å². The molecule has 1 unspecified atom stereocenters. The fraction of sp³-hybridized carbons (Fsp3) is 0.944. The summed E-state index contributed by atoms with van der Waals surface area (Å²) in [5.41, 5.74) is 0. The minimum Gasteiger partial charge on any atom is -0.378 e. The van der Waals surface area contributed by atoms with Crippen LogP contribution >= 0.6 is 0 Å². The summed E-state index contributed by atoms with van der Waals surface area (Å²) in [6.07, 6.45) is 12.0. The van der Waals surface area contributed by atoms with Gasteiger partial charge in [0.25, 0.3) is 0 Å². The standard InChI is InChI=1S/C18H31NO/c1-3-14(2)20-13-16-6-10-18(11-7-16)17-8-4-15(12-19)5-9-17/h14-18H,3-11,13H2,1-2H3. The van der Waals surface area contributed by atoms with E-state index in [4.69, 9.17) is 10.00 Å². The molecule has 0 aromatic rings. The Morgan fingerprint density at radius 2 is 1.55 bits per heavy atom. The van der Waals surface area contributed by atoms with Gasteiger partial charge in [-0.05, 0) is 82.5 Å². The topological polar surface area (TPSA) is 33.0 Å². The molecule has 2 fully saturated rings. The van der Waals surface area contributed by atoms with Gasteiger partial charge in [0.05, 0.1) is 12.2 Å². The quantitative estimate of drug-likeness (QED) is 0.713. The lowest BCUT2D eigenvalue weighted by atomic mass is 9.69. The molecule has 0 aliphatic heterocycles. The van der Waals surface area contributed by atoms with Crippen molar-refractivity contribution in [3.63, 3.8) is 0 Å². The lowest BCUT2D eigenvalue weighted by molar-refractivity contribution is 0.0201. The third kappa shape index (κ3) is 4.48. The van der Waals surface area contributed by atoms with Crippen molar-refractivity contribution in [2.45, 2.75) is 77.7 Å². The Labute approximate surface area is 124 Å². The van der Waals surface area contributed by atoms with Gasteiger partial charge in [-0.1, -0.05) is 6.92 Å². The smallest absolute Gasteiger partial charge is 0.0655 e. The van der Waals surface area contributed by atoms with Crippen molar-refractivity contribution in [3.8, 4) is 6.07 Å². The second-order valence-electron chi connectivity index (χ2n) is 7.07. The molecule has 2 heteroatoms. The second-order valence-corrected chi connectivity index (χ2v) is 7.07. The molecule has 0 radical (unpaired) electrons. The van der Waals surface area contributed by atoms with Crippen LogP contribution in [0.5, 0.6) is 0 Å². The van der Waals surface area contributed by atoms with Crippen LogP contribution in [-0.2, 0) is 4.74 Å². The van der Waals surface area contributed by atoms with Gasteiger partial charge in [-0.3, -0.25) is 0 Å². The Kier molecular flexibility index (Phi) is 6.36. The molecule has 2 aliphatic rings. The maximum atomic E-state index is 8.98. The fourth-order valence-corrected chi connectivity index (χ4v) is 3.96. The van der Waals surface area contributed by atoms with Crippen LogP contribution in [0.2, 0.25) is 0 Å². The third-order valence-electron chi connectivity index (χ3n) is 5.70. The van der Waals surface area contributed by atoms with Gasteiger partial charge in [-0.25, -0.2) is 0 Å². The van der Waals surface area contributed by atoms with E-state index in [9.17, 15) is 0 Å². The van der Waals surface area contributed by atoms with Gasteiger partial charge in [-0.15, -0.1) is 0 Å². The van der Waals surface area contributed by atoms with E-state index in [1.165, 1.54) is 38.5 Å². The molecule has 20 heavy (non-hydrogen) atoms. The molecule has 2 nitrogen and oxygen atoms in total. The van der Waals surface area contributed by atoms with Crippen LogP contribution < -0.4 is 0 Å². The maximum absolute atomic E-state index is 8.98. The van der Waals surface area contributed by atoms with E-state index < -0.39 is 0 Å². The molecule has 0 spiro atoms. The van der Waals surface area contributed by atoms with Crippen LogP contribution in [0.15, 0.2) is 0 Å². The van der Waals surface area contributed by atoms with Crippen LogP contribution in [0.3, 0.4) is 0 Å². The number of nitrogens with zero attached hydrogens (tertiary/aromatic N) is 1. The number of hydrogen-bond acceptors (Lipinski definition) is 2. The number of hydrogen-bond donors (Lipinski definition) is 0. The molecule has 0 bridgehead atoms. The van der Waals surface area contributed by atoms with Crippen molar-refractivity contribution in [1.29, 1.82) is 5.26 Å². The van der Waals surface area contributed by atoms with E-state index in [0.717, 1.165) is 43.6 Å². The van der Waals surface area contributed by atoms with Crippen LogP contribution in [0.25, 0.3) is 0 Å². The van der Waals surface area contributed by atoms with E-state index in [0.29, 0.717) is 12.0 Å². The Bertz CT molecular complexity index is 306. The molecule has 2 rings (SSSR count). The number of ether oxygens (including phenoxy) is 1. The monoisotopic (exact) mass is 277 g/mol. The SMILES string of the molecule is CCC(C)OCC1CCC(C2CCC(C#N)CC2)CC1. The second kappa shape index (κ2) is 8.03. The zero-order valence-electron chi connectivity index (χ0n) is 13.3. The summed E-state index contributed by atoms with van der Waals surface area (Å²) in [6.45, 7) is 5.35. The summed E-state index contributed by atoms with van der Waals surface area (Å²) in [5.74, 6) is 3.01. The van der Waals surface area contributed by atoms with Gasteiger partial charge >= 0.3 is 0 Å². The van der Waals surface area contributed by atoms with Crippen molar-refractivity contribution < 1.29 is 4.74 Å². The van der Waals surface area contributed by atoms with Crippen molar-refractivity contribution >= 4 is 0 Å². The van der Waals surface area contributed by atoms with Crippen molar-refractivity contribution in [3.05, 3.63) is 0 Å². The maximum Gasteiger partial charge on any atom is 0.0655 e. The first kappa shape index (κ1) is 15.8. The van der Waals surface area contributed by atoms with Gasteiger partial charge in [0.1, 0.15) is 0 Å². The van der Waals surface area contributed by atoms with Crippen LogP contribution in [0.1, 0.15) is 71.6 Å². The zero-order chi connectivity index (χ0) is 14.4. The van der Waals surface area contributed by atoms with Gasteiger partial charge in [-0.2, -0.15) is 5.26 Å². The molecule has 0 saturated heterocycles. The highest BCUT2D eigenvalue weighted by atomic mass is 16.5. The first-order chi connectivity index (χ1) is 9.72. The van der Waals surface area contributed by atoms with Crippen LogP contribution in [0.4, 0.5) is 0 Å². The average molecular weight is 277 g/mol. The summed E-state index contributed by atoms with van der Waals surface area (Å²) in [5, 5.41) is 8.98. The highest BCUT2D eigenvalue weighted by Gasteiger charge is 2.30. The molecular weight excluding hydrogens is 246 g/mol. The van der Waals surface area contributed by atoms with Crippen molar-refractivity contribution in [2.75, 3.05) is 6.61 Å². The molecule has 0 heterocycles. The predicted molar refractivity (Wildman–Crippen MR) is 82.2 cm³/mol. The zero-order valence-corrected chi connectivity index (χ0v) is 13.3. The summed E-state index contributed by atoms with van der Waals surface area (Å²) in [4.78, 5) is 0. The van der Waals surface area contributed by atoms with Crippen LogP contribution in [-0.4, -0.2) is 12.7 Å². The van der Waals surface area contributed by atoms with E-state index in [-0.39, 0.29) is 0 Å². The molecular formula is C18H31NO. The van der Waals surface area contributed by atoms with Gasteiger partial charge in [0.2, 0.25) is 0 Å². The van der Waals surface area contributed by atoms with Crippen molar-refractivity contribution in [2.24, 2.45) is 23.7 Å². The highest BCUT2D eigenvalue weighted by Crippen LogP contribution is 2.41. The first-order valence-corrected chi connectivity index (χ1v) is 8.74. The lowest BCUT2D eigenvalue weighted by Gasteiger charge is -2.36. The van der Waals surface area contributed by atoms with E-state index >= 15 is 0 Å². The van der Waals surface area contributed by atoms with Gasteiger partial charge in [0.15, 0.2) is 0 Å². The van der Waals surface area contributed by atoms with E-state index in [1.54, 1.807) is 0 Å². The predicted octanol–water partition coefficient (Wildman–Crippen LogP) is 4.94. The Morgan fingerprint density at radius 3 is 2.05 bits per heavy atom. The Balaban J connectivity index is 1.66. The van der Waals surface area contributed by atoms with E-state index in [1.807, 2.05) is 0 Å². The highest BCUT2D eigenvalue weighted by molar-refractivity contribution is 4.89. The number of nitriles is 1. The number of rotatable bonds is 5. The summed E-state index contributed by atoms with van der Waals surface area (Å²) in [7, 11) is 0. The summed E-state index contributed by atoms with van der Waals surface area (Å²) >= 11 is 0. The molecule has 2 aliphatic carbocycles. The first-order valence-electron chi connectivity index (χ1n) is 8.74.